The number of hydrogen-bond acceptors (Lipinski definition) is 5. The normalized spacial score (nSPS) is 13.6. The lowest BCUT2D eigenvalue weighted by Gasteiger charge is -2.11. The van der Waals surface area contributed by atoms with Gasteiger partial charge in [-0.3, -0.25) is 0 Å². The molecule has 1 aromatic heterocycles. The Hall–Kier alpha value is -0.470. The van der Waals surface area contributed by atoms with Crippen LogP contribution in [-0.2, 0) is 21.3 Å². The zero-order valence-corrected chi connectivity index (χ0v) is 14.2. The second-order valence-corrected chi connectivity index (χ2v) is 7.78. The predicted octanol–water partition coefficient (Wildman–Crippen LogP) is 1.87. The molecule has 0 aliphatic carbocycles. The van der Waals surface area contributed by atoms with E-state index in [0.717, 1.165) is 22.7 Å². The summed E-state index contributed by atoms with van der Waals surface area (Å²) in [6.45, 7) is 7.68. The van der Waals surface area contributed by atoms with Crippen molar-refractivity contribution in [1.82, 2.24) is 10.0 Å². The molecule has 0 saturated heterocycles. The second-order valence-electron chi connectivity index (χ2n) is 4.71. The van der Waals surface area contributed by atoms with E-state index in [1.54, 1.807) is 13.2 Å². The van der Waals surface area contributed by atoms with Gasteiger partial charge in [-0.05, 0) is 32.9 Å². The summed E-state index contributed by atoms with van der Waals surface area (Å²) in [6, 6.07) is 1.75. The highest BCUT2D eigenvalue weighted by Crippen LogP contribution is 2.25. The summed E-state index contributed by atoms with van der Waals surface area (Å²) in [7, 11) is -1.89. The van der Waals surface area contributed by atoms with Crippen LogP contribution in [-0.4, -0.2) is 34.7 Å². The van der Waals surface area contributed by atoms with Gasteiger partial charge in [0.2, 0.25) is 10.0 Å². The molecule has 1 heterocycles. The number of methoxy groups -OCH3 is 1. The van der Waals surface area contributed by atoms with Crippen LogP contribution in [0.2, 0.25) is 0 Å². The van der Waals surface area contributed by atoms with Crippen LogP contribution in [0.4, 0.5) is 0 Å². The Morgan fingerprint density at radius 3 is 2.75 bits per heavy atom. The predicted molar refractivity (Wildman–Crippen MR) is 82.7 cm³/mol. The molecule has 1 atom stereocenters. The van der Waals surface area contributed by atoms with Gasteiger partial charge in [-0.2, -0.15) is 0 Å². The molecule has 5 nitrogen and oxygen atoms in total. The fourth-order valence-electron chi connectivity index (χ4n) is 1.65. The number of ether oxygens (including phenoxy) is 1. The molecule has 20 heavy (non-hydrogen) atoms. The largest absolute Gasteiger partial charge is 0.380 e. The summed E-state index contributed by atoms with van der Waals surface area (Å²) < 4.78 is 32.1. The summed E-state index contributed by atoms with van der Waals surface area (Å²) in [5.74, 6) is 0. The third-order valence-corrected chi connectivity index (χ3v) is 5.63. The highest BCUT2D eigenvalue weighted by Gasteiger charge is 2.20. The van der Waals surface area contributed by atoms with Crippen molar-refractivity contribution in [1.29, 1.82) is 0 Å². The summed E-state index contributed by atoms with van der Waals surface area (Å²) in [4.78, 5) is 2.23. The number of thiophene rings is 1. The Morgan fingerprint density at radius 2 is 2.15 bits per heavy atom. The van der Waals surface area contributed by atoms with Gasteiger partial charge >= 0.3 is 0 Å². The van der Waals surface area contributed by atoms with Crippen LogP contribution in [0.5, 0.6) is 0 Å². The Bertz CT molecular complexity index is 512. The van der Waals surface area contributed by atoms with E-state index >= 15 is 0 Å². The van der Waals surface area contributed by atoms with Gasteiger partial charge < -0.3 is 10.1 Å². The van der Waals surface area contributed by atoms with Crippen molar-refractivity contribution < 1.29 is 13.2 Å². The SMILES string of the molecule is CCCNCc1cc(S(=O)(=O)NCC(C)OC)c(C)s1. The van der Waals surface area contributed by atoms with Crippen LogP contribution >= 0.6 is 11.3 Å². The molecule has 116 valence electrons. The quantitative estimate of drug-likeness (QED) is 0.682. The monoisotopic (exact) mass is 320 g/mol. The van der Waals surface area contributed by atoms with Gasteiger partial charge in [0, 0.05) is 30.0 Å². The third kappa shape index (κ3) is 5.14. The fraction of sp³-hybridized carbons (Fsp3) is 0.692. The molecule has 2 N–H and O–H groups in total. The van der Waals surface area contributed by atoms with E-state index in [1.807, 2.05) is 13.8 Å². The summed E-state index contributed by atoms with van der Waals surface area (Å²) >= 11 is 1.52. The van der Waals surface area contributed by atoms with E-state index in [0.29, 0.717) is 11.4 Å². The molecule has 1 aromatic rings. The minimum atomic E-state index is -3.45. The molecule has 1 rings (SSSR count). The van der Waals surface area contributed by atoms with Crippen molar-refractivity contribution in [3.63, 3.8) is 0 Å². The standard InChI is InChI=1S/C13H24N2O3S2/c1-5-6-14-9-12-7-13(11(3)19-12)20(16,17)15-8-10(2)18-4/h7,10,14-15H,5-6,8-9H2,1-4H3. The molecular weight excluding hydrogens is 296 g/mol. The van der Waals surface area contributed by atoms with E-state index in [2.05, 4.69) is 17.0 Å². The van der Waals surface area contributed by atoms with Crippen LogP contribution < -0.4 is 10.0 Å². The molecule has 0 amide bonds. The zero-order chi connectivity index (χ0) is 15.2. The second kappa shape index (κ2) is 8.09. The van der Waals surface area contributed by atoms with E-state index in [4.69, 9.17) is 4.74 Å². The molecule has 7 heteroatoms. The number of hydrogen-bond donors (Lipinski definition) is 2. The maximum absolute atomic E-state index is 12.2. The Labute approximate surface area is 125 Å². The first-order valence-corrected chi connectivity index (χ1v) is 9.03. The Morgan fingerprint density at radius 1 is 1.45 bits per heavy atom. The number of aryl methyl sites for hydroxylation is 1. The Kier molecular flexibility index (Phi) is 7.11. The molecule has 0 fully saturated rings. The van der Waals surface area contributed by atoms with Gasteiger partial charge in [0.1, 0.15) is 0 Å². The molecule has 0 bridgehead atoms. The molecule has 0 aliphatic heterocycles. The van der Waals surface area contributed by atoms with E-state index in [9.17, 15) is 8.42 Å². The minimum Gasteiger partial charge on any atom is -0.380 e. The third-order valence-electron chi connectivity index (χ3n) is 2.90. The minimum absolute atomic E-state index is 0.144. The average Bonchev–Trinajstić information content (AvgIpc) is 2.78. The molecule has 0 spiro atoms. The van der Waals surface area contributed by atoms with Crippen molar-refractivity contribution in [2.75, 3.05) is 20.2 Å². The van der Waals surface area contributed by atoms with Crippen LogP contribution in [0.25, 0.3) is 0 Å². The van der Waals surface area contributed by atoms with Gasteiger partial charge in [-0.1, -0.05) is 6.92 Å². The molecule has 0 radical (unpaired) electrons. The maximum Gasteiger partial charge on any atom is 0.241 e. The van der Waals surface area contributed by atoms with Crippen LogP contribution in [0, 0.1) is 6.92 Å². The maximum atomic E-state index is 12.2. The highest BCUT2D eigenvalue weighted by molar-refractivity contribution is 7.89. The van der Waals surface area contributed by atoms with E-state index in [1.165, 1.54) is 11.3 Å². The molecular formula is C13H24N2O3S2. The van der Waals surface area contributed by atoms with Crippen molar-refractivity contribution in [3.05, 3.63) is 15.8 Å². The number of rotatable bonds is 9. The first-order valence-electron chi connectivity index (χ1n) is 6.73. The topological polar surface area (TPSA) is 67.4 Å². The molecule has 1 unspecified atom stereocenters. The summed E-state index contributed by atoms with van der Waals surface area (Å²) in [6.07, 6.45) is 0.917. The van der Waals surface area contributed by atoms with Gasteiger partial charge in [-0.15, -0.1) is 11.3 Å². The first kappa shape index (κ1) is 17.6. The molecule has 0 aliphatic rings. The van der Waals surface area contributed by atoms with E-state index in [-0.39, 0.29) is 12.6 Å². The smallest absolute Gasteiger partial charge is 0.241 e. The van der Waals surface area contributed by atoms with Gasteiger partial charge in [-0.25, -0.2) is 13.1 Å². The van der Waals surface area contributed by atoms with Crippen LogP contribution in [0.3, 0.4) is 0 Å². The van der Waals surface area contributed by atoms with Gasteiger partial charge in [0.15, 0.2) is 0 Å². The number of nitrogens with one attached hydrogen (secondary N) is 2. The molecule has 0 saturated carbocycles. The van der Waals surface area contributed by atoms with E-state index < -0.39 is 10.0 Å². The highest BCUT2D eigenvalue weighted by atomic mass is 32.2. The lowest BCUT2D eigenvalue weighted by Crippen LogP contribution is -2.31. The molecule has 0 aromatic carbocycles. The summed E-state index contributed by atoms with van der Waals surface area (Å²) in [5, 5.41) is 3.28. The van der Waals surface area contributed by atoms with Crippen molar-refractivity contribution >= 4 is 21.4 Å². The van der Waals surface area contributed by atoms with Gasteiger partial charge in [0.25, 0.3) is 0 Å². The lowest BCUT2D eigenvalue weighted by atomic mass is 10.4. The average molecular weight is 320 g/mol. The van der Waals surface area contributed by atoms with Crippen LogP contribution in [0.1, 0.15) is 30.0 Å². The zero-order valence-electron chi connectivity index (χ0n) is 12.5. The number of sulfonamides is 1. The summed E-state index contributed by atoms with van der Waals surface area (Å²) in [5.41, 5.74) is 0. The first-order chi connectivity index (χ1) is 9.40. The Balaban J connectivity index is 2.74. The van der Waals surface area contributed by atoms with Crippen LogP contribution in [0.15, 0.2) is 11.0 Å². The van der Waals surface area contributed by atoms with Crippen molar-refractivity contribution in [2.45, 2.75) is 44.7 Å². The lowest BCUT2D eigenvalue weighted by molar-refractivity contribution is 0.122. The fourth-order valence-corrected chi connectivity index (χ4v) is 4.37. The van der Waals surface area contributed by atoms with Crippen molar-refractivity contribution in [3.8, 4) is 0 Å². The van der Waals surface area contributed by atoms with Gasteiger partial charge in [0.05, 0.1) is 11.0 Å². The van der Waals surface area contributed by atoms with Crippen molar-refractivity contribution in [2.24, 2.45) is 0 Å².